The van der Waals surface area contributed by atoms with Crippen LogP contribution in [0.3, 0.4) is 0 Å². The SMILES string of the molecule is O=C(NCCOc1ccc(S(=O)(=O)N2CCCCC2)cc1)[C@H]1CCCN(S(=O)(=O)c2ccccc2)C1. The van der Waals surface area contributed by atoms with E-state index >= 15 is 0 Å². The molecule has 2 aromatic rings. The van der Waals surface area contributed by atoms with Crippen LogP contribution in [0.2, 0.25) is 0 Å². The Bertz CT molecular complexity index is 1230. The van der Waals surface area contributed by atoms with E-state index in [1.165, 1.54) is 8.61 Å². The van der Waals surface area contributed by atoms with E-state index in [4.69, 9.17) is 4.74 Å². The Morgan fingerprint density at radius 3 is 2.11 bits per heavy atom. The maximum absolute atomic E-state index is 12.9. The van der Waals surface area contributed by atoms with Crippen LogP contribution < -0.4 is 10.1 Å². The van der Waals surface area contributed by atoms with Gasteiger partial charge in [-0.1, -0.05) is 24.6 Å². The summed E-state index contributed by atoms with van der Waals surface area (Å²) < 4.78 is 59.8. The second-order valence-corrected chi connectivity index (χ2v) is 13.0. The largest absolute Gasteiger partial charge is 0.492 e. The fraction of sp³-hybridized carbons (Fsp3) is 0.480. The standard InChI is InChI=1S/C25H33N3O6S2/c29-25(21-8-7-18-28(20-21)36(32,33)23-9-3-1-4-10-23)26-15-19-34-22-11-13-24(14-12-22)35(30,31)27-16-5-2-6-17-27/h1,3-4,9-14,21H,2,5-8,15-20H2,(H,26,29)/t21-/m0/s1. The highest BCUT2D eigenvalue weighted by molar-refractivity contribution is 7.89. The number of nitrogens with one attached hydrogen (secondary N) is 1. The number of carbonyl (C=O) groups excluding carboxylic acids is 1. The lowest BCUT2D eigenvalue weighted by Crippen LogP contribution is -2.45. The van der Waals surface area contributed by atoms with Crippen LogP contribution in [0.25, 0.3) is 0 Å². The molecule has 2 aromatic carbocycles. The van der Waals surface area contributed by atoms with E-state index in [0.717, 1.165) is 19.3 Å². The number of amides is 1. The van der Waals surface area contributed by atoms with Crippen molar-refractivity contribution in [3.05, 3.63) is 54.6 Å². The highest BCUT2D eigenvalue weighted by atomic mass is 32.2. The van der Waals surface area contributed by atoms with Gasteiger partial charge in [0.2, 0.25) is 26.0 Å². The maximum atomic E-state index is 12.9. The van der Waals surface area contributed by atoms with Crippen molar-refractivity contribution >= 4 is 26.0 Å². The predicted molar refractivity (Wildman–Crippen MR) is 135 cm³/mol. The first-order valence-electron chi connectivity index (χ1n) is 12.3. The van der Waals surface area contributed by atoms with E-state index in [-0.39, 0.29) is 35.4 Å². The van der Waals surface area contributed by atoms with Crippen LogP contribution in [0.4, 0.5) is 0 Å². The molecule has 1 atom stereocenters. The molecule has 36 heavy (non-hydrogen) atoms. The molecule has 2 aliphatic heterocycles. The van der Waals surface area contributed by atoms with Crippen molar-refractivity contribution in [3.63, 3.8) is 0 Å². The zero-order chi connectivity index (χ0) is 25.6. The fourth-order valence-electron chi connectivity index (χ4n) is 4.57. The van der Waals surface area contributed by atoms with Gasteiger partial charge in [0.05, 0.1) is 22.3 Å². The summed E-state index contributed by atoms with van der Waals surface area (Å²) in [4.78, 5) is 13.1. The summed E-state index contributed by atoms with van der Waals surface area (Å²) >= 11 is 0. The van der Waals surface area contributed by atoms with Gasteiger partial charge in [0, 0.05) is 26.2 Å². The van der Waals surface area contributed by atoms with Crippen LogP contribution in [0, 0.1) is 5.92 Å². The van der Waals surface area contributed by atoms with Gasteiger partial charge < -0.3 is 10.1 Å². The molecule has 196 valence electrons. The number of benzene rings is 2. The average Bonchev–Trinajstić information content (AvgIpc) is 2.92. The number of hydrogen-bond acceptors (Lipinski definition) is 6. The monoisotopic (exact) mass is 535 g/mol. The fourth-order valence-corrected chi connectivity index (χ4v) is 7.63. The van der Waals surface area contributed by atoms with Crippen LogP contribution in [-0.4, -0.2) is 70.7 Å². The van der Waals surface area contributed by atoms with Gasteiger partial charge in [-0.05, 0) is 62.1 Å². The molecule has 1 amide bonds. The van der Waals surface area contributed by atoms with Gasteiger partial charge in [-0.2, -0.15) is 8.61 Å². The van der Waals surface area contributed by atoms with Crippen LogP contribution in [0.1, 0.15) is 32.1 Å². The quantitative estimate of drug-likeness (QED) is 0.494. The Hall–Kier alpha value is -2.47. The number of piperidine rings is 2. The predicted octanol–water partition coefficient (Wildman–Crippen LogP) is 2.46. The molecule has 0 bridgehead atoms. The minimum absolute atomic E-state index is 0.150. The van der Waals surface area contributed by atoms with Crippen molar-refractivity contribution in [1.82, 2.24) is 13.9 Å². The van der Waals surface area contributed by atoms with Gasteiger partial charge in [0.15, 0.2) is 0 Å². The molecule has 2 heterocycles. The van der Waals surface area contributed by atoms with Crippen LogP contribution in [-0.2, 0) is 24.8 Å². The summed E-state index contributed by atoms with van der Waals surface area (Å²) in [5.74, 6) is -0.106. The van der Waals surface area contributed by atoms with Gasteiger partial charge in [-0.25, -0.2) is 16.8 Å². The highest BCUT2D eigenvalue weighted by Crippen LogP contribution is 2.24. The summed E-state index contributed by atoms with van der Waals surface area (Å²) in [6, 6.07) is 14.6. The molecule has 0 unspecified atom stereocenters. The zero-order valence-corrected chi connectivity index (χ0v) is 21.8. The molecular weight excluding hydrogens is 502 g/mol. The summed E-state index contributed by atoms with van der Waals surface area (Å²) in [7, 11) is -7.11. The normalized spacial score (nSPS) is 20.1. The van der Waals surface area contributed by atoms with E-state index in [2.05, 4.69) is 5.32 Å². The first-order chi connectivity index (χ1) is 17.3. The summed E-state index contributed by atoms with van der Waals surface area (Å²) in [6.45, 7) is 2.12. The Labute approximate surface area is 213 Å². The van der Waals surface area contributed by atoms with Crippen molar-refractivity contribution in [2.75, 3.05) is 39.3 Å². The van der Waals surface area contributed by atoms with Gasteiger partial charge in [0.25, 0.3) is 0 Å². The lowest BCUT2D eigenvalue weighted by atomic mass is 9.99. The van der Waals surface area contributed by atoms with Gasteiger partial charge in [-0.3, -0.25) is 4.79 Å². The molecular formula is C25H33N3O6S2. The average molecular weight is 536 g/mol. The van der Waals surface area contributed by atoms with E-state index in [0.29, 0.717) is 38.2 Å². The van der Waals surface area contributed by atoms with Crippen molar-refractivity contribution in [1.29, 1.82) is 0 Å². The lowest BCUT2D eigenvalue weighted by molar-refractivity contribution is -0.126. The number of nitrogens with zero attached hydrogens (tertiary/aromatic N) is 2. The topological polar surface area (TPSA) is 113 Å². The summed E-state index contributed by atoms with van der Waals surface area (Å²) in [5.41, 5.74) is 0. The number of ether oxygens (including phenoxy) is 1. The van der Waals surface area contributed by atoms with Gasteiger partial charge in [0.1, 0.15) is 12.4 Å². The Balaban J connectivity index is 1.24. The number of hydrogen-bond donors (Lipinski definition) is 1. The number of carbonyl (C=O) groups is 1. The minimum Gasteiger partial charge on any atom is -0.492 e. The molecule has 0 saturated carbocycles. The van der Waals surface area contributed by atoms with Crippen LogP contribution >= 0.6 is 0 Å². The second-order valence-electron chi connectivity index (χ2n) is 9.09. The van der Waals surface area contributed by atoms with Crippen molar-refractivity contribution in [2.24, 2.45) is 5.92 Å². The van der Waals surface area contributed by atoms with Gasteiger partial charge >= 0.3 is 0 Å². The lowest BCUT2D eigenvalue weighted by Gasteiger charge is -2.31. The molecule has 0 aliphatic carbocycles. The molecule has 4 rings (SSSR count). The highest BCUT2D eigenvalue weighted by Gasteiger charge is 2.33. The summed E-state index contributed by atoms with van der Waals surface area (Å²) in [5, 5.41) is 2.83. The third kappa shape index (κ3) is 6.26. The Kier molecular flexibility index (Phi) is 8.66. The van der Waals surface area contributed by atoms with Crippen LogP contribution in [0.15, 0.2) is 64.4 Å². The first-order valence-corrected chi connectivity index (χ1v) is 15.2. The Morgan fingerprint density at radius 2 is 1.42 bits per heavy atom. The first kappa shape index (κ1) is 26.6. The third-order valence-electron chi connectivity index (χ3n) is 6.58. The maximum Gasteiger partial charge on any atom is 0.243 e. The minimum atomic E-state index is -3.63. The van der Waals surface area contributed by atoms with E-state index < -0.39 is 26.0 Å². The van der Waals surface area contributed by atoms with Crippen molar-refractivity contribution in [3.8, 4) is 5.75 Å². The van der Waals surface area contributed by atoms with Gasteiger partial charge in [-0.15, -0.1) is 0 Å². The Morgan fingerprint density at radius 1 is 0.806 bits per heavy atom. The molecule has 0 radical (unpaired) electrons. The third-order valence-corrected chi connectivity index (χ3v) is 10.4. The molecule has 2 fully saturated rings. The van der Waals surface area contributed by atoms with E-state index in [1.807, 2.05) is 0 Å². The molecule has 1 N–H and O–H groups in total. The molecule has 11 heteroatoms. The number of rotatable bonds is 9. The van der Waals surface area contributed by atoms with Crippen molar-refractivity contribution in [2.45, 2.75) is 41.9 Å². The van der Waals surface area contributed by atoms with E-state index in [9.17, 15) is 21.6 Å². The van der Waals surface area contributed by atoms with Crippen LogP contribution in [0.5, 0.6) is 5.75 Å². The van der Waals surface area contributed by atoms with E-state index in [1.54, 1.807) is 54.6 Å². The zero-order valence-electron chi connectivity index (χ0n) is 20.2. The molecule has 0 aromatic heterocycles. The van der Waals surface area contributed by atoms with Crippen molar-refractivity contribution < 1.29 is 26.4 Å². The molecule has 2 saturated heterocycles. The molecule has 9 nitrogen and oxygen atoms in total. The molecule has 0 spiro atoms. The smallest absolute Gasteiger partial charge is 0.243 e. The second kappa shape index (κ2) is 11.7. The molecule has 2 aliphatic rings. The number of sulfonamides is 2. The summed E-state index contributed by atoms with van der Waals surface area (Å²) in [6.07, 6.45) is 4.07.